The summed E-state index contributed by atoms with van der Waals surface area (Å²) in [4.78, 5) is 25.1. The van der Waals surface area contributed by atoms with Crippen molar-refractivity contribution in [1.29, 1.82) is 0 Å². The Balaban J connectivity index is 4.47. The summed E-state index contributed by atoms with van der Waals surface area (Å²) in [5.74, 6) is 0.166. The van der Waals surface area contributed by atoms with Crippen LogP contribution in [0.4, 0.5) is 4.79 Å². The van der Waals surface area contributed by atoms with Gasteiger partial charge in [0, 0.05) is 12.6 Å². The van der Waals surface area contributed by atoms with E-state index in [0.29, 0.717) is 18.1 Å². The Morgan fingerprint density at radius 1 is 1.24 bits per heavy atom. The molecule has 0 aliphatic rings. The third-order valence-electron chi connectivity index (χ3n) is 2.89. The minimum absolute atomic E-state index is 0.00925. The number of rotatable bonds is 10. The van der Waals surface area contributed by atoms with Crippen molar-refractivity contribution in [2.75, 3.05) is 32.6 Å². The molecule has 0 aliphatic carbocycles. The van der Waals surface area contributed by atoms with Crippen molar-refractivity contribution in [3.05, 3.63) is 0 Å². The van der Waals surface area contributed by atoms with E-state index in [1.807, 2.05) is 25.3 Å². The molecule has 0 aromatic carbocycles. The quantitative estimate of drug-likeness (QED) is 0.568. The van der Waals surface area contributed by atoms with Crippen molar-refractivity contribution in [1.82, 2.24) is 15.5 Å². The third kappa shape index (κ3) is 10.4. The van der Waals surface area contributed by atoms with Crippen LogP contribution in [0, 0.1) is 5.92 Å². The van der Waals surface area contributed by atoms with Crippen LogP contribution in [0.2, 0.25) is 0 Å². The highest BCUT2D eigenvalue weighted by atomic mass is 32.2. The normalized spacial score (nSPS) is 14.0. The number of hydrogen-bond acceptors (Lipinski definition) is 4. The first kappa shape index (κ1) is 20.1. The van der Waals surface area contributed by atoms with Crippen LogP contribution in [0.1, 0.15) is 26.7 Å². The largest absolute Gasteiger partial charge is 0.480 e. The highest BCUT2D eigenvalue weighted by Crippen LogP contribution is 2.06. The Morgan fingerprint density at radius 3 is 2.29 bits per heavy atom. The zero-order valence-electron chi connectivity index (χ0n) is 13.7. The lowest BCUT2D eigenvalue weighted by molar-refractivity contribution is -0.139. The lowest BCUT2D eigenvalue weighted by Crippen LogP contribution is -2.51. The van der Waals surface area contributed by atoms with Crippen LogP contribution in [0.3, 0.4) is 0 Å². The number of nitrogens with zero attached hydrogens (tertiary/aromatic N) is 1. The van der Waals surface area contributed by atoms with Crippen molar-refractivity contribution >= 4 is 23.8 Å². The van der Waals surface area contributed by atoms with Gasteiger partial charge in [-0.25, -0.2) is 9.59 Å². The highest BCUT2D eigenvalue weighted by Gasteiger charge is 2.21. The Labute approximate surface area is 132 Å². The van der Waals surface area contributed by atoms with Gasteiger partial charge in [-0.3, -0.25) is 0 Å². The SMILES string of the molecule is CSCC[C@@H](NC(=O)NC(CC(C)C)CN(C)C)C(=O)O. The summed E-state index contributed by atoms with van der Waals surface area (Å²) in [7, 11) is 3.90. The molecule has 7 heteroatoms. The Hall–Kier alpha value is -0.950. The maximum absolute atomic E-state index is 12.0. The van der Waals surface area contributed by atoms with Crippen LogP contribution in [0.25, 0.3) is 0 Å². The van der Waals surface area contributed by atoms with Crippen molar-refractivity contribution in [2.24, 2.45) is 5.92 Å². The number of carbonyl (C=O) groups excluding carboxylic acids is 1. The first-order chi connectivity index (χ1) is 9.76. The van der Waals surface area contributed by atoms with E-state index in [1.54, 1.807) is 11.8 Å². The zero-order valence-corrected chi connectivity index (χ0v) is 14.5. The summed E-state index contributed by atoms with van der Waals surface area (Å²) in [6, 6.07) is -1.23. The number of carboxylic acid groups (broad SMARTS) is 1. The molecule has 0 saturated heterocycles. The van der Waals surface area contributed by atoms with Crippen molar-refractivity contribution in [2.45, 2.75) is 38.8 Å². The van der Waals surface area contributed by atoms with Gasteiger partial charge in [0.1, 0.15) is 6.04 Å². The molecule has 0 spiro atoms. The monoisotopic (exact) mass is 319 g/mol. The number of thioether (sulfide) groups is 1. The van der Waals surface area contributed by atoms with Gasteiger partial charge >= 0.3 is 12.0 Å². The van der Waals surface area contributed by atoms with Gasteiger partial charge in [-0.15, -0.1) is 0 Å². The van der Waals surface area contributed by atoms with E-state index in [2.05, 4.69) is 24.5 Å². The number of amides is 2. The van der Waals surface area contributed by atoms with E-state index in [-0.39, 0.29) is 6.04 Å². The summed E-state index contributed by atoms with van der Waals surface area (Å²) in [6.07, 6.45) is 3.19. The molecule has 0 heterocycles. The zero-order chi connectivity index (χ0) is 16.4. The van der Waals surface area contributed by atoms with Crippen LogP contribution in [-0.2, 0) is 4.79 Å². The molecule has 3 N–H and O–H groups in total. The predicted octanol–water partition coefficient (Wildman–Crippen LogP) is 1.47. The van der Waals surface area contributed by atoms with E-state index >= 15 is 0 Å². The molecule has 0 radical (unpaired) electrons. The second-order valence-electron chi connectivity index (χ2n) is 5.88. The summed E-state index contributed by atoms with van der Waals surface area (Å²) in [6.45, 7) is 4.93. The molecule has 0 aromatic heterocycles. The molecule has 0 bridgehead atoms. The van der Waals surface area contributed by atoms with Crippen LogP contribution in [-0.4, -0.2) is 66.7 Å². The number of likely N-dealkylation sites (N-methyl/N-ethyl adjacent to an activating group) is 1. The number of carboxylic acids is 1. The fourth-order valence-corrected chi connectivity index (χ4v) is 2.54. The Morgan fingerprint density at radius 2 is 1.86 bits per heavy atom. The first-order valence-electron chi connectivity index (χ1n) is 7.19. The summed E-state index contributed by atoms with van der Waals surface area (Å²) in [5.41, 5.74) is 0. The average molecular weight is 319 g/mol. The predicted molar refractivity (Wildman–Crippen MR) is 87.9 cm³/mol. The second kappa shape index (κ2) is 10.7. The molecule has 0 fully saturated rings. The lowest BCUT2D eigenvalue weighted by atomic mass is 10.0. The van der Waals surface area contributed by atoms with E-state index in [1.165, 1.54) is 0 Å². The average Bonchev–Trinajstić information content (AvgIpc) is 2.32. The van der Waals surface area contributed by atoms with Crippen LogP contribution in [0.5, 0.6) is 0 Å². The molecule has 2 amide bonds. The van der Waals surface area contributed by atoms with E-state index in [0.717, 1.165) is 13.0 Å². The summed E-state index contributed by atoms with van der Waals surface area (Å²) < 4.78 is 0. The van der Waals surface area contributed by atoms with Gasteiger partial charge in [0.25, 0.3) is 0 Å². The van der Waals surface area contributed by atoms with Crippen molar-refractivity contribution in [3.63, 3.8) is 0 Å². The highest BCUT2D eigenvalue weighted by molar-refractivity contribution is 7.98. The number of hydrogen-bond donors (Lipinski definition) is 3. The van der Waals surface area contributed by atoms with Gasteiger partial charge in [-0.1, -0.05) is 13.8 Å². The lowest BCUT2D eigenvalue weighted by Gasteiger charge is -2.25. The molecular formula is C14H29N3O3S. The van der Waals surface area contributed by atoms with E-state index in [4.69, 9.17) is 5.11 Å². The second-order valence-corrected chi connectivity index (χ2v) is 6.86. The molecule has 6 nitrogen and oxygen atoms in total. The Kier molecular flexibility index (Phi) is 10.2. The minimum atomic E-state index is -0.993. The van der Waals surface area contributed by atoms with E-state index < -0.39 is 18.0 Å². The first-order valence-corrected chi connectivity index (χ1v) is 8.59. The van der Waals surface area contributed by atoms with Crippen LogP contribution >= 0.6 is 11.8 Å². The Bertz CT molecular complexity index is 315. The van der Waals surface area contributed by atoms with Gasteiger partial charge in [-0.05, 0) is 44.9 Å². The van der Waals surface area contributed by atoms with Gasteiger partial charge in [0.15, 0.2) is 0 Å². The number of nitrogens with one attached hydrogen (secondary N) is 2. The van der Waals surface area contributed by atoms with Crippen molar-refractivity contribution < 1.29 is 14.7 Å². The molecule has 0 saturated carbocycles. The maximum Gasteiger partial charge on any atom is 0.326 e. The van der Waals surface area contributed by atoms with Crippen molar-refractivity contribution in [3.8, 4) is 0 Å². The van der Waals surface area contributed by atoms with E-state index in [9.17, 15) is 9.59 Å². The molecular weight excluding hydrogens is 290 g/mol. The summed E-state index contributed by atoms with van der Waals surface area (Å²) in [5, 5.41) is 14.5. The number of urea groups is 1. The number of carbonyl (C=O) groups is 2. The molecule has 0 aliphatic heterocycles. The standard InChI is InChI=1S/C14H29N3O3S/c1-10(2)8-11(9-17(3)4)15-14(20)16-12(13(18)19)6-7-21-5/h10-12H,6-9H2,1-5H3,(H,18,19)(H2,15,16,20)/t11?,12-/m1/s1. The minimum Gasteiger partial charge on any atom is -0.480 e. The van der Waals surface area contributed by atoms with Crippen LogP contribution < -0.4 is 10.6 Å². The third-order valence-corrected chi connectivity index (χ3v) is 3.53. The van der Waals surface area contributed by atoms with Gasteiger partial charge in [0.2, 0.25) is 0 Å². The molecule has 0 aromatic rings. The van der Waals surface area contributed by atoms with Gasteiger partial charge in [0.05, 0.1) is 0 Å². The summed E-state index contributed by atoms with van der Waals surface area (Å²) >= 11 is 1.56. The fourth-order valence-electron chi connectivity index (χ4n) is 2.07. The molecule has 2 atom stereocenters. The molecule has 0 rings (SSSR count). The van der Waals surface area contributed by atoms with Gasteiger partial charge in [-0.2, -0.15) is 11.8 Å². The smallest absolute Gasteiger partial charge is 0.326 e. The molecule has 124 valence electrons. The topological polar surface area (TPSA) is 81.7 Å². The molecule has 21 heavy (non-hydrogen) atoms. The van der Waals surface area contributed by atoms with Gasteiger partial charge < -0.3 is 20.6 Å². The van der Waals surface area contributed by atoms with Crippen LogP contribution in [0.15, 0.2) is 0 Å². The number of aliphatic carboxylic acids is 1. The maximum atomic E-state index is 12.0. The fraction of sp³-hybridized carbons (Fsp3) is 0.857. The molecule has 1 unspecified atom stereocenters.